The molecule has 0 radical (unpaired) electrons. The Bertz CT molecular complexity index is 453. The van der Waals surface area contributed by atoms with Gasteiger partial charge in [0.1, 0.15) is 0 Å². The molecule has 0 aromatic rings. The second kappa shape index (κ2) is 10.8. The molecule has 1 atom stereocenters. The van der Waals surface area contributed by atoms with Gasteiger partial charge in [-0.25, -0.2) is 0 Å². The van der Waals surface area contributed by atoms with Gasteiger partial charge in [0.15, 0.2) is 5.96 Å². The zero-order chi connectivity index (χ0) is 19.7. The lowest BCUT2D eigenvalue weighted by Gasteiger charge is -2.30. The lowest BCUT2D eigenvalue weighted by Crippen LogP contribution is -2.46. The fourth-order valence-corrected chi connectivity index (χ4v) is 3.77. The van der Waals surface area contributed by atoms with Gasteiger partial charge in [-0.05, 0) is 46.2 Å². The maximum Gasteiger partial charge on any atom is 0.230 e. The first-order valence-electron chi connectivity index (χ1n) is 10.1. The van der Waals surface area contributed by atoms with Crippen molar-refractivity contribution in [1.82, 2.24) is 20.4 Å². The Morgan fingerprint density at radius 2 is 1.73 bits per heavy atom. The van der Waals surface area contributed by atoms with E-state index in [0.717, 1.165) is 51.2 Å². The van der Waals surface area contributed by atoms with Crippen molar-refractivity contribution in [1.29, 1.82) is 0 Å². The maximum absolute atomic E-state index is 12.7. The van der Waals surface area contributed by atoms with Gasteiger partial charge in [0.05, 0.1) is 12.0 Å². The predicted octanol–water partition coefficient (Wildman–Crippen LogP) is 2.17. The lowest BCUT2D eigenvalue weighted by atomic mass is 9.85. The van der Waals surface area contributed by atoms with Crippen molar-refractivity contribution in [2.45, 2.75) is 58.9 Å². The third-order valence-electron chi connectivity index (χ3n) is 5.28. The highest BCUT2D eigenvalue weighted by Gasteiger charge is 2.42. The van der Waals surface area contributed by atoms with Gasteiger partial charge >= 0.3 is 0 Å². The number of aliphatic imine (C=N–C) groups is 1. The summed E-state index contributed by atoms with van der Waals surface area (Å²) < 4.78 is 0. The van der Waals surface area contributed by atoms with Crippen LogP contribution in [0.4, 0.5) is 0 Å². The highest BCUT2D eigenvalue weighted by atomic mass is 16.2. The van der Waals surface area contributed by atoms with Crippen LogP contribution in [0, 0.1) is 11.3 Å². The highest BCUT2D eigenvalue weighted by Crippen LogP contribution is 2.39. The van der Waals surface area contributed by atoms with Gasteiger partial charge in [-0.15, -0.1) is 0 Å². The Morgan fingerprint density at radius 3 is 2.19 bits per heavy atom. The minimum absolute atomic E-state index is 0.223. The summed E-state index contributed by atoms with van der Waals surface area (Å²) in [6.07, 6.45) is 5.27. The zero-order valence-electron chi connectivity index (χ0n) is 18.1. The second-order valence-electron chi connectivity index (χ2n) is 8.51. The van der Waals surface area contributed by atoms with Crippen LogP contribution in [0.15, 0.2) is 4.99 Å². The van der Waals surface area contributed by atoms with Crippen molar-refractivity contribution in [2.75, 3.05) is 47.8 Å². The standard InChI is InChI=1S/C20H41N5O/c1-8-21-19(22-14-17(24(4)5)13-16(2)3)23-15-20(11-9-10-12-20)18(26)25(6)7/h16-17H,8-15H2,1-7H3,(H2,21,22,23). The third-order valence-corrected chi connectivity index (χ3v) is 5.28. The van der Waals surface area contributed by atoms with Crippen molar-refractivity contribution in [2.24, 2.45) is 16.3 Å². The third kappa shape index (κ3) is 6.78. The number of hydrogen-bond donors (Lipinski definition) is 2. The summed E-state index contributed by atoms with van der Waals surface area (Å²) >= 11 is 0. The van der Waals surface area contributed by atoms with Crippen LogP contribution >= 0.6 is 0 Å². The average molecular weight is 368 g/mol. The van der Waals surface area contributed by atoms with E-state index in [-0.39, 0.29) is 11.3 Å². The molecule has 0 aromatic heterocycles. The van der Waals surface area contributed by atoms with Crippen LogP contribution in [0.5, 0.6) is 0 Å². The van der Waals surface area contributed by atoms with Gasteiger partial charge in [0.2, 0.25) is 5.91 Å². The zero-order valence-corrected chi connectivity index (χ0v) is 18.1. The van der Waals surface area contributed by atoms with E-state index in [0.29, 0.717) is 18.5 Å². The number of likely N-dealkylation sites (N-methyl/N-ethyl adjacent to an activating group) is 1. The summed E-state index contributed by atoms with van der Waals surface area (Å²) in [5, 5.41) is 6.82. The molecule has 1 unspecified atom stereocenters. The number of nitrogens with one attached hydrogen (secondary N) is 2. The fourth-order valence-electron chi connectivity index (χ4n) is 3.77. The fraction of sp³-hybridized carbons (Fsp3) is 0.900. The van der Waals surface area contributed by atoms with Crippen LogP contribution in [0.2, 0.25) is 0 Å². The molecule has 1 amide bonds. The predicted molar refractivity (Wildman–Crippen MR) is 111 cm³/mol. The van der Waals surface area contributed by atoms with E-state index in [1.807, 2.05) is 14.1 Å². The highest BCUT2D eigenvalue weighted by molar-refractivity contribution is 5.84. The van der Waals surface area contributed by atoms with Crippen LogP contribution in [-0.4, -0.2) is 75.5 Å². The molecular weight excluding hydrogens is 326 g/mol. The normalized spacial score (nSPS) is 18.3. The monoisotopic (exact) mass is 367 g/mol. The summed E-state index contributed by atoms with van der Waals surface area (Å²) in [5.74, 6) is 1.70. The number of rotatable bonds is 9. The van der Waals surface area contributed by atoms with Crippen molar-refractivity contribution >= 4 is 11.9 Å². The van der Waals surface area contributed by atoms with Gasteiger partial charge in [-0.3, -0.25) is 9.79 Å². The SMILES string of the molecule is CCNC(=NCC1(C(=O)N(C)C)CCCC1)NCC(CC(C)C)N(C)C. The number of carbonyl (C=O) groups is 1. The van der Waals surface area contributed by atoms with Crippen molar-refractivity contribution < 1.29 is 4.79 Å². The molecule has 1 saturated carbocycles. The number of amides is 1. The molecule has 152 valence electrons. The molecule has 0 aromatic carbocycles. The Morgan fingerprint density at radius 1 is 1.12 bits per heavy atom. The van der Waals surface area contributed by atoms with Gasteiger partial charge in [-0.1, -0.05) is 26.7 Å². The number of guanidine groups is 1. The van der Waals surface area contributed by atoms with Gasteiger partial charge in [0.25, 0.3) is 0 Å². The molecule has 0 heterocycles. The first-order valence-corrected chi connectivity index (χ1v) is 10.1. The summed E-state index contributed by atoms with van der Waals surface area (Å²) in [6, 6.07) is 0.461. The molecule has 1 rings (SSSR count). The van der Waals surface area contributed by atoms with E-state index in [2.05, 4.69) is 50.4 Å². The largest absolute Gasteiger partial charge is 0.357 e. The number of carbonyl (C=O) groups excluding carboxylic acids is 1. The summed E-state index contributed by atoms with van der Waals surface area (Å²) in [4.78, 5) is 21.5. The summed E-state index contributed by atoms with van der Waals surface area (Å²) in [5.41, 5.74) is -0.315. The maximum atomic E-state index is 12.7. The Labute approximate surface area is 160 Å². The van der Waals surface area contributed by atoms with E-state index < -0.39 is 0 Å². The molecule has 0 aliphatic heterocycles. The van der Waals surface area contributed by atoms with E-state index >= 15 is 0 Å². The van der Waals surface area contributed by atoms with E-state index in [1.54, 1.807) is 4.90 Å². The molecule has 0 spiro atoms. The first-order chi connectivity index (χ1) is 12.2. The molecule has 1 aliphatic carbocycles. The van der Waals surface area contributed by atoms with Crippen LogP contribution in [0.1, 0.15) is 52.9 Å². The average Bonchev–Trinajstić information content (AvgIpc) is 3.04. The topological polar surface area (TPSA) is 60.0 Å². The van der Waals surface area contributed by atoms with Gasteiger partial charge < -0.3 is 20.4 Å². The molecule has 2 N–H and O–H groups in total. The Kier molecular flexibility index (Phi) is 9.41. The van der Waals surface area contributed by atoms with E-state index in [9.17, 15) is 4.79 Å². The Hall–Kier alpha value is -1.30. The number of hydrogen-bond acceptors (Lipinski definition) is 3. The molecule has 6 heteroatoms. The van der Waals surface area contributed by atoms with Crippen molar-refractivity contribution in [3.05, 3.63) is 0 Å². The van der Waals surface area contributed by atoms with Crippen LogP contribution in [0.3, 0.4) is 0 Å². The molecule has 6 nitrogen and oxygen atoms in total. The van der Waals surface area contributed by atoms with Crippen molar-refractivity contribution in [3.8, 4) is 0 Å². The number of nitrogens with zero attached hydrogens (tertiary/aromatic N) is 3. The molecule has 0 bridgehead atoms. The smallest absolute Gasteiger partial charge is 0.230 e. The van der Waals surface area contributed by atoms with Crippen molar-refractivity contribution in [3.63, 3.8) is 0 Å². The molecule has 0 saturated heterocycles. The minimum atomic E-state index is -0.315. The molecule has 1 aliphatic rings. The lowest BCUT2D eigenvalue weighted by molar-refractivity contribution is -0.138. The quantitative estimate of drug-likeness (QED) is 0.484. The minimum Gasteiger partial charge on any atom is -0.357 e. The first kappa shape index (κ1) is 22.7. The van der Waals surface area contributed by atoms with E-state index in [1.165, 1.54) is 0 Å². The molecular formula is C20H41N5O. The molecule has 26 heavy (non-hydrogen) atoms. The van der Waals surface area contributed by atoms with Gasteiger partial charge in [0, 0.05) is 33.2 Å². The summed E-state index contributed by atoms with van der Waals surface area (Å²) in [7, 11) is 7.95. The van der Waals surface area contributed by atoms with Gasteiger partial charge in [-0.2, -0.15) is 0 Å². The van der Waals surface area contributed by atoms with E-state index in [4.69, 9.17) is 4.99 Å². The van der Waals surface area contributed by atoms with Crippen LogP contribution in [-0.2, 0) is 4.79 Å². The summed E-state index contributed by atoms with van der Waals surface area (Å²) in [6.45, 7) is 8.82. The second-order valence-corrected chi connectivity index (χ2v) is 8.51. The van der Waals surface area contributed by atoms with Crippen LogP contribution < -0.4 is 10.6 Å². The van der Waals surface area contributed by atoms with Crippen LogP contribution in [0.25, 0.3) is 0 Å². The molecule has 1 fully saturated rings. The Balaban J connectivity index is 2.79.